The Labute approximate surface area is 240 Å². The third-order valence-corrected chi connectivity index (χ3v) is 6.63. The molecule has 2 unspecified atom stereocenters. The Morgan fingerprint density at radius 2 is 1.76 bits per heavy atom. The standard InChI is InChI=1S/C28H32F3N7O4/c1-4-41-26(42-5-2)15-37(27(39)35-22-9-6-20(29)7-10-22)23-13-33-38(14-23)19(3)28(40,16-36-18-32-17-34-36)24-11-8-21(30)12-25(24)31/h6-14,17-19,26,40H,4-5,15-16H2,1-3H3,(H,35,39). The molecule has 0 aliphatic carbocycles. The molecule has 2 aromatic carbocycles. The lowest BCUT2D eigenvalue weighted by Gasteiger charge is -2.35. The van der Waals surface area contributed by atoms with E-state index in [1.54, 1.807) is 20.8 Å². The van der Waals surface area contributed by atoms with E-state index in [2.05, 4.69) is 20.5 Å². The first-order chi connectivity index (χ1) is 20.1. The van der Waals surface area contributed by atoms with E-state index in [-0.39, 0.29) is 18.7 Å². The Morgan fingerprint density at radius 3 is 2.38 bits per heavy atom. The van der Waals surface area contributed by atoms with E-state index in [4.69, 9.17) is 9.47 Å². The van der Waals surface area contributed by atoms with E-state index in [0.717, 1.165) is 6.07 Å². The van der Waals surface area contributed by atoms with Crippen molar-refractivity contribution in [1.82, 2.24) is 24.5 Å². The van der Waals surface area contributed by atoms with Gasteiger partial charge in [0.05, 0.1) is 31.0 Å². The number of benzene rings is 2. The van der Waals surface area contributed by atoms with Gasteiger partial charge in [0, 0.05) is 36.7 Å². The van der Waals surface area contributed by atoms with Gasteiger partial charge in [-0.15, -0.1) is 0 Å². The number of carbonyl (C=O) groups is 1. The SMILES string of the molecule is CCOC(CN(C(=O)Nc1ccc(F)cc1)c1cnn(C(C)C(O)(Cn2cncn2)c2ccc(F)cc2F)c1)OCC. The summed E-state index contributed by atoms with van der Waals surface area (Å²) in [6.07, 6.45) is 4.74. The van der Waals surface area contributed by atoms with E-state index in [1.807, 2.05) is 0 Å². The molecule has 42 heavy (non-hydrogen) atoms. The lowest BCUT2D eigenvalue weighted by atomic mass is 9.86. The van der Waals surface area contributed by atoms with Crippen LogP contribution in [0.1, 0.15) is 32.4 Å². The van der Waals surface area contributed by atoms with Crippen LogP contribution in [0, 0.1) is 17.5 Å². The Kier molecular flexibility index (Phi) is 9.93. The summed E-state index contributed by atoms with van der Waals surface area (Å²) in [5, 5.41) is 23.0. The molecule has 2 amide bonds. The number of aromatic nitrogens is 5. The van der Waals surface area contributed by atoms with E-state index in [1.165, 1.54) is 69.6 Å². The smallest absolute Gasteiger partial charge is 0.326 e. The van der Waals surface area contributed by atoms with Gasteiger partial charge < -0.3 is 19.9 Å². The number of aliphatic hydroxyl groups is 1. The predicted molar refractivity (Wildman–Crippen MR) is 147 cm³/mol. The van der Waals surface area contributed by atoms with Crippen molar-refractivity contribution < 1.29 is 32.5 Å². The first-order valence-electron chi connectivity index (χ1n) is 13.3. The number of anilines is 2. The fourth-order valence-corrected chi connectivity index (χ4v) is 4.45. The normalized spacial score (nSPS) is 13.6. The maximum atomic E-state index is 15.0. The average molecular weight is 588 g/mol. The van der Waals surface area contributed by atoms with Crippen molar-refractivity contribution >= 4 is 17.4 Å². The maximum Gasteiger partial charge on any atom is 0.326 e. The van der Waals surface area contributed by atoms with Gasteiger partial charge in [-0.25, -0.2) is 27.6 Å². The average Bonchev–Trinajstić information content (AvgIpc) is 3.65. The molecular formula is C28H32F3N7O4. The molecule has 2 atom stereocenters. The summed E-state index contributed by atoms with van der Waals surface area (Å²) in [6, 6.07) is 6.64. The second kappa shape index (κ2) is 13.6. The van der Waals surface area contributed by atoms with Crippen molar-refractivity contribution in [3.63, 3.8) is 0 Å². The summed E-state index contributed by atoms with van der Waals surface area (Å²) < 4.78 is 56.2. The molecule has 0 saturated carbocycles. The number of hydrogen-bond acceptors (Lipinski definition) is 7. The third kappa shape index (κ3) is 7.13. The predicted octanol–water partition coefficient (Wildman–Crippen LogP) is 4.48. The number of ether oxygens (including phenoxy) is 2. The van der Waals surface area contributed by atoms with Gasteiger partial charge in [0.15, 0.2) is 6.29 Å². The van der Waals surface area contributed by atoms with E-state index < -0.39 is 41.4 Å². The number of hydrogen-bond donors (Lipinski definition) is 2. The number of carbonyl (C=O) groups excluding carboxylic acids is 1. The van der Waals surface area contributed by atoms with Gasteiger partial charge in [0.25, 0.3) is 0 Å². The van der Waals surface area contributed by atoms with Crippen molar-refractivity contribution in [2.45, 2.75) is 45.2 Å². The van der Waals surface area contributed by atoms with Crippen molar-refractivity contribution in [3.05, 3.63) is 90.5 Å². The van der Waals surface area contributed by atoms with Crippen LogP contribution in [0.25, 0.3) is 0 Å². The van der Waals surface area contributed by atoms with Crippen molar-refractivity contribution in [2.75, 3.05) is 30.0 Å². The van der Waals surface area contributed by atoms with Crippen LogP contribution in [-0.2, 0) is 21.6 Å². The lowest BCUT2D eigenvalue weighted by Crippen LogP contribution is -2.42. The van der Waals surface area contributed by atoms with Gasteiger partial charge in [0.2, 0.25) is 0 Å². The fourth-order valence-electron chi connectivity index (χ4n) is 4.45. The molecule has 4 aromatic rings. The Balaban J connectivity index is 1.69. The minimum Gasteiger partial charge on any atom is -0.381 e. The van der Waals surface area contributed by atoms with Crippen LogP contribution in [0.3, 0.4) is 0 Å². The van der Waals surface area contributed by atoms with Crippen LogP contribution >= 0.6 is 0 Å². The minimum atomic E-state index is -1.98. The first-order valence-corrected chi connectivity index (χ1v) is 13.3. The number of amides is 2. The molecule has 224 valence electrons. The largest absolute Gasteiger partial charge is 0.381 e. The van der Waals surface area contributed by atoms with Crippen molar-refractivity contribution in [3.8, 4) is 0 Å². The van der Waals surface area contributed by atoms with Crippen LogP contribution in [0.5, 0.6) is 0 Å². The van der Waals surface area contributed by atoms with Crippen LogP contribution in [0.15, 0.2) is 67.5 Å². The Bertz CT molecular complexity index is 1450. The number of nitrogens with zero attached hydrogens (tertiary/aromatic N) is 6. The van der Waals surface area contributed by atoms with Gasteiger partial charge >= 0.3 is 6.03 Å². The van der Waals surface area contributed by atoms with E-state index in [9.17, 15) is 18.7 Å². The zero-order valence-corrected chi connectivity index (χ0v) is 23.3. The molecule has 0 aliphatic rings. The summed E-state index contributed by atoms with van der Waals surface area (Å²) in [4.78, 5) is 18.7. The molecule has 0 aliphatic heterocycles. The number of nitrogens with one attached hydrogen (secondary N) is 1. The highest BCUT2D eigenvalue weighted by atomic mass is 19.1. The zero-order valence-electron chi connectivity index (χ0n) is 23.3. The first kappa shape index (κ1) is 30.7. The minimum absolute atomic E-state index is 0.0371. The molecule has 2 heterocycles. The van der Waals surface area contributed by atoms with E-state index in [0.29, 0.717) is 30.7 Å². The topological polar surface area (TPSA) is 120 Å². The summed E-state index contributed by atoms with van der Waals surface area (Å²) >= 11 is 0. The highest BCUT2D eigenvalue weighted by molar-refractivity contribution is 6.01. The fraction of sp³-hybridized carbons (Fsp3) is 0.357. The van der Waals surface area contributed by atoms with Crippen LogP contribution in [0.4, 0.5) is 29.3 Å². The summed E-state index contributed by atoms with van der Waals surface area (Å²) in [6.45, 7) is 5.56. The molecule has 0 spiro atoms. The summed E-state index contributed by atoms with van der Waals surface area (Å²) in [5.74, 6) is -2.20. The zero-order chi connectivity index (χ0) is 30.3. The number of urea groups is 1. The third-order valence-electron chi connectivity index (χ3n) is 6.63. The summed E-state index contributed by atoms with van der Waals surface area (Å²) in [5.41, 5.74) is -1.50. The Hall–Kier alpha value is -4.27. The second-order valence-corrected chi connectivity index (χ2v) is 9.38. The number of rotatable bonds is 13. The molecule has 0 saturated heterocycles. The van der Waals surface area contributed by atoms with Crippen LogP contribution in [-0.4, -0.2) is 61.7 Å². The van der Waals surface area contributed by atoms with Gasteiger partial charge in [-0.05, 0) is 51.1 Å². The second-order valence-electron chi connectivity index (χ2n) is 9.38. The van der Waals surface area contributed by atoms with Gasteiger partial charge in [-0.2, -0.15) is 10.2 Å². The van der Waals surface area contributed by atoms with Gasteiger partial charge in [-0.3, -0.25) is 9.58 Å². The maximum absolute atomic E-state index is 15.0. The van der Waals surface area contributed by atoms with E-state index >= 15 is 4.39 Å². The molecule has 4 rings (SSSR count). The van der Waals surface area contributed by atoms with Gasteiger partial charge in [0.1, 0.15) is 35.7 Å². The van der Waals surface area contributed by atoms with Crippen molar-refractivity contribution in [2.24, 2.45) is 0 Å². The van der Waals surface area contributed by atoms with Crippen LogP contribution < -0.4 is 10.2 Å². The van der Waals surface area contributed by atoms with Crippen molar-refractivity contribution in [1.29, 1.82) is 0 Å². The highest BCUT2D eigenvalue weighted by Gasteiger charge is 2.41. The molecule has 14 heteroatoms. The highest BCUT2D eigenvalue weighted by Crippen LogP contribution is 2.37. The van der Waals surface area contributed by atoms with Gasteiger partial charge in [-0.1, -0.05) is 6.07 Å². The molecule has 0 bridgehead atoms. The molecule has 11 nitrogen and oxygen atoms in total. The van der Waals surface area contributed by atoms with Crippen LogP contribution in [0.2, 0.25) is 0 Å². The summed E-state index contributed by atoms with van der Waals surface area (Å²) in [7, 11) is 0. The number of halogens is 3. The monoisotopic (exact) mass is 587 g/mol. The lowest BCUT2D eigenvalue weighted by molar-refractivity contribution is -0.128. The molecule has 0 fully saturated rings. The molecular weight excluding hydrogens is 555 g/mol. The Morgan fingerprint density at radius 1 is 1.07 bits per heavy atom. The molecule has 0 radical (unpaired) electrons. The quantitative estimate of drug-likeness (QED) is 0.222. The molecule has 2 aromatic heterocycles. The molecule has 2 N–H and O–H groups in total.